The van der Waals surface area contributed by atoms with E-state index in [1.54, 1.807) is 24.3 Å². The van der Waals surface area contributed by atoms with E-state index in [9.17, 15) is 4.79 Å². The van der Waals surface area contributed by atoms with Crippen molar-refractivity contribution in [2.75, 3.05) is 0 Å². The van der Waals surface area contributed by atoms with Gasteiger partial charge in [0, 0.05) is 18.3 Å². The van der Waals surface area contributed by atoms with Gasteiger partial charge in [-0.05, 0) is 55.7 Å². The number of carbonyl (C=O) groups is 1. The summed E-state index contributed by atoms with van der Waals surface area (Å²) in [6.45, 7) is 6.71. The zero-order valence-electron chi connectivity index (χ0n) is 17.7. The molecule has 2 bridgehead atoms. The van der Waals surface area contributed by atoms with Gasteiger partial charge in [0.25, 0.3) is 0 Å². The maximum Gasteiger partial charge on any atom is 0.335 e. The van der Waals surface area contributed by atoms with Gasteiger partial charge in [0.1, 0.15) is 0 Å². The fraction of sp³-hybridized carbons (Fsp3) is 0.696. The molecule has 1 aliphatic carbocycles. The summed E-state index contributed by atoms with van der Waals surface area (Å²) in [6, 6.07) is 6.74. The molecule has 1 aromatic carbocycles. The molecule has 8 atom stereocenters. The van der Waals surface area contributed by atoms with Crippen molar-refractivity contribution in [3.05, 3.63) is 35.4 Å². The Morgan fingerprint density at radius 3 is 2.63 bits per heavy atom. The number of rotatable bonds is 4. The molecule has 4 heterocycles. The highest BCUT2D eigenvalue weighted by molar-refractivity contribution is 5.87. The van der Waals surface area contributed by atoms with E-state index in [2.05, 4.69) is 13.8 Å². The van der Waals surface area contributed by atoms with E-state index in [0.717, 1.165) is 31.2 Å². The van der Waals surface area contributed by atoms with E-state index < -0.39 is 29.9 Å². The largest absolute Gasteiger partial charge is 0.478 e. The Morgan fingerprint density at radius 2 is 1.90 bits per heavy atom. The Hall–Kier alpha value is -1.51. The van der Waals surface area contributed by atoms with Crippen LogP contribution in [0.25, 0.3) is 0 Å². The number of aromatic carboxylic acids is 1. The topological polar surface area (TPSA) is 83.5 Å². The third kappa shape index (κ3) is 3.10. The summed E-state index contributed by atoms with van der Waals surface area (Å²) in [5, 5.41) is 9.06. The summed E-state index contributed by atoms with van der Waals surface area (Å²) in [5.74, 6) is -0.539. The number of carboxylic acid groups (broad SMARTS) is 1. The maximum atomic E-state index is 11.0. The van der Waals surface area contributed by atoms with Crippen molar-refractivity contribution >= 4 is 5.97 Å². The number of hydrogen-bond acceptors (Lipinski definition) is 6. The lowest BCUT2D eigenvalue weighted by Crippen LogP contribution is -2.70. The van der Waals surface area contributed by atoms with Crippen LogP contribution in [0.3, 0.4) is 0 Å². The lowest BCUT2D eigenvalue weighted by atomic mass is 9.58. The zero-order chi connectivity index (χ0) is 21.1. The van der Waals surface area contributed by atoms with Crippen LogP contribution in [0.15, 0.2) is 24.3 Å². The van der Waals surface area contributed by atoms with Crippen LogP contribution in [0.5, 0.6) is 0 Å². The molecule has 7 heteroatoms. The minimum Gasteiger partial charge on any atom is -0.478 e. The molecule has 1 N–H and O–H groups in total. The van der Waals surface area contributed by atoms with Gasteiger partial charge in [0.15, 0.2) is 18.2 Å². The molecule has 0 radical (unpaired) electrons. The average Bonchev–Trinajstić information content (AvgIpc) is 2.96. The van der Waals surface area contributed by atoms with Gasteiger partial charge in [-0.15, -0.1) is 0 Å². The number of ether oxygens (including phenoxy) is 3. The van der Waals surface area contributed by atoms with Gasteiger partial charge >= 0.3 is 5.97 Å². The van der Waals surface area contributed by atoms with E-state index in [0.29, 0.717) is 18.4 Å². The minimum absolute atomic E-state index is 0.115. The third-order valence-electron chi connectivity index (χ3n) is 7.71. The molecule has 5 aliphatic rings. The summed E-state index contributed by atoms with van der Waals surface area (Å²) in [4.78, 5) is 23.0. The summed E-state index contributed by atoms with van der Waals surface area (Å²) < 4.78 is 18.9. The van der Waals surface area contributed by atoms with E-state index in [1.165, 1.54) is 0 Å². The van der Waals surface area contributed by atoms with Gasteiger partial charge in [-0.2, -0.15) is 0 Å². The molecule has 5 fully saturated rings. The van der Waals surface area contributed by atoms with Crippen LogP contribution in [0, 0.1) is 23.7 Å². The van der Waals surface area contributed by atoms with Crippen molar-refractivity contribution < 1.29 is 33.9 Å². The predicted octanol–water partition coefficient (Wildman–Crippen LogP) is 4.11. The van der Waals surface area contributed by atoms with Crippen molar-refractivity contribution in [1.29, 1.82) is 0 Å². The van der Waals surface area contributed by atoms with Gasteiger partial charge in [-0.25, -0.2) is 14.6 Å². The van der Waals surface area contributed by atoms with Gasteiger partial charge in [-0.3, -0.25) is 0 Å². The molecule has 0 amide bonds. The summed E-state index contributed by atoms with van der Waals surface area (Å²) in [5.41, 5.74) is 0.579. The summed E-state index contributed by atoms with van der Waals surface area (Å²) in [7, 11) is 0. The Balaban J connectivity index is 1.37. The monoisotopic (exact) mass is 418 g/mol. The number of benzene rings is 1. The highest BCUT2D eigenvalue weighted by atomic mass is 17.3. The highest BCUT2D eigenvalue weighted by Gasteiger charge is 2.69. The van der Waals surface area contributed by atoms with Crippen molar-refractivity contribution in [2.24, 2.45) is 23.7 Å². The molecule has 4 aliphatic heterocycles. The first-order valence-electron chi connectivity index (χ1n) is 11.0. The van der Waals surface area contributed by atoms with Gasteiger partial charge < -0.3 is 19.3 Å². The van der Waals surface area contributed by atoms with Crippen LogP contribution in [-0.2, 0) is 30.6 Å². The van der Waals surface area contributed by atoms with E-state index in [4.69, 9.17) is 29.1 Å². The molecule has 7 nitrogen and oxygen atoms in total. The SMILES string of the molecule is C[C@H]1[C@@H](OCc2ccc(C(=O)O)cc2)O[C@@H]2O[C@@]3(C)CCC4[C@H](C)CC[C@@H]1[C@]42OO3. The van der Waals surface area contributed by atoms with Crippen LogP contribution in [0.2, 0.25) is 0 Å². The molecular formula is C23H30O7. The first-order chi connectivity index (χ1) is 14.3. The number of hydrogen-bond donors (Lipinski definition) is 1. The first kappa shape index (κ1) is 20.4. The molecule has 6 rings (SSSR count). The quantitative estimate of drug-likeness (QED) is 0.737. The Kier molecular flexibility index (Phi) is 4.95. The van der Waals surface area contributed by atoms with E-state index in [-0.39, 0.29) is 17.4 Å². The number of fused-ring (bicyclic) bond motifs is 2. The third-order valence-corrected chi connectivity index (χ3v) is 7.71. The Morgan fingerprint density at radius 1 is 1.13 bits per heavy atom. The standard InChI is InChI=1S/C23H30O7/c1-13-4-9-18-14(2)20(26-12-15-5-7-16(8-6-15)19(24)25)27-21-23(18)17(13)10-11-22(3,28-21)29-30-23/h5-8,13-14,17-18,20-21H,4,9-12H2,1-3H3,(H,24,25)/t13-,14-,17?,18+,20+,21-,22-,23-/m1/s1. The lowest BCUT2D eigenvalue weighted by molar-refractivity contribution is -0.577. The molecule has 4 saturated heterocycles. The van der Waals surface area contributed by atoms with E-state index in [1.807, 2.05) is 6.92 Å². The van der Waals surface area contributed by atoms with E-state index >= 15 is 0 Å². The number of carboxylic acids is 1. The van der Waals surface area contributed by atoms with Crippen molar-refractivity contribution in [3.8, 4) is 0 Å². The van der Waals surface area contributed by atoms with Crippen LogP contribution >= 0.6 is 0 Å². The minimum atomic E-state index is -0.936. The van der Waals surface area contributed by atoms with Crippen molar-refractivity contribution in [2.45, 2.75) is 77.0 Å². The fourth-order valence-corrected chi connectivity index (χ4v) is 5.98. The maximum absolute atomic E-state index is 11.0. The second-order valence-electron chi connectivity index (χ2n) is 9.59. The molecule has 0 aromatic heterocycles. The second-order valence-corrected chi connectivity index (χ2v) is 9.59. The van der Waals surface area contributed by atoms with Gasteiger partial charge in [-0.1, -0.05) is 26.0 Å². The Labute approximate surface area is 176 Å². The molecular weight excluding hydrogens is 388 g/mol. The van der Waals surface area contributed by atoms with Crippen molar-refractivity contribution in [1.82, 2.24) is 0 Å². The van der Waals surface area contributed by atoms with Crippen LogP contribution in [0.4, 0.5) is 0 Å². The fourth-order valence-electron chi connectivity index (χ4n) is 5.98. The lowest BCUT2D eigenvalue weighted by Gasteiger charge is -2.60. The first-order valence-corrected chi connectivity index (χ1v) is 11.0. The smallest absolute Gasteiger partial charge is 0.335 e. The summed E-state index contributed by atoms with van der Waals surface area (Å²) in [6.07, 6.45) is 3.01. The van der Waals surface area contributed by atoms with Crippen molar-refractivity contribution in [3.63, 3.8) is 0 Å². The Bertz CT molecular complexity index is 810. The molecule has 1 spiro atoms. The van der Waals surface area contributed by atoms with Gasteiger partial charge in [0.2, 0.25) is 5.79 Å². The molecule has 1 saturated carbocycles. The van der Waals surface area contributed by atoms with Crippen LogP contribution in [0.1, 0.15) is 62.4 Å². The average molecular weight is 418 g/mol. The molecule has 1 unspecified atom stereocenters. The van der Waals surface area contributed by atoms with Crippen LogP contribution in [-0.4, -0.2) is 35.0 Å². The molecule has 164 valence electrons. The molecule has 1 aromatic rings. The predicted molar refractivity (Wildman–Crippen MR) is 105 cm³/mol. The highest BCUT2D eigenvalue weighted by Crippen LogP contribution is 2.60. The molecule has 30 heavy (non-hydrogen) atoms. The second kappa shape index (κ2) is 7.28. The summed E-state index contributed by atoms with van der Waals surface area (Å²) >= 11 is 0. The van der Waals surface area contributed by atoms with Crippen LogP contribution < -0.4 is 0 Å². The zero-order valence-corrected chi connectivity index (χ0v) is 17.7. The van der Waals surface area contributed by atoms with Gasteiger partial charge in [0.05, 0.1) is 12.2 Å². The normalized spacial score (nSPS) is 44.9.